The summed E-state index contributed by atoms with van der Waals surface area (Å²) >= 11 is 0. The molecule has 0 bridgehead atoms. The number of likely N-dealkylation sites (tertiary alicyclic amines) is 1. The Kier molecular flexibility index (Phi) is 7.01. The summed E-state index contributed by atoms with van der Waals surface area (Å²) in [6, 6.07) is 10.6. The molecule has 1 aromatic rings. The Balaban J connectivity index is 1.86. The molecule has 0 aliphatic carbocycles. The van der Waals surface area contributed by atoms with Crippen molar-refractivity contribution in [3.05, 3.63) is 42.0 Å². The summed E-state index contributed by atoms with van der Waals surface area (Å²) in [6.45, 7) is 3.47. The van der Waals surface area contributed by atoms with E-state index in [9.17, 15) is 4.79 Å². The van der Waals surface area contributed by atoms with Crippen LogP contribution in [0.3, 0.4) is 0 Å². The Morgan fingerprint density at radius 1 is 1.32 bits per heavy atom. The average molecular weight is 301 g/mol. The van der Waals surface area contributed by atoms with Gasteiger partial charge in [-0.15, -0.1) is 0 Å². The van der Waals surface area contributed by atoms with Crippen molar-refractivity contribution < 1.29 is 9.53 Å². The van der Waals surface area contributed by atoms with Crippen LogP contribution in [0.5, 0.6) is 0 Å². The van der Waals surface area contributed by atoms with Crippen molar-refractivity contribution in [3.63, 3.8) is 0 Å². The highest BCUT2D eigenvalue weighted by atomic mass is 16.6. The molecular weight excluding hydrogens is 274 g/mol. The molecule has 0 aromatic heterocycles. The van der Waals surface area contributed by atoms with Gasteiger partial charge in [-0.05, 0) is 37.7 Å². The van der Waals surface area contributed by atoms with E-state index in [1.165, 1.54) is 12.0 Å². The molecule has 3 nitrogen and oxygen atoms in total. The number of nitrogens with zero attached hydrogens (tertiary/aromatic N) is 1. The minimum absolute atomic E-state index is 0.133. The molecule has 1 fully saturated rings. The Labute approximate surface area is 134 Å². The third-order valence-electron chi connectivity index (χ3n) is 4.10. The predicted octanol–water partition coefficient (Wildman–Crippen LogP) is 4.88. The highest BCUT2D eigenvalue weighted by molar-refractivity contribution is 5.68. The van der Waals surface area contributed by atoms with E-state index >= 15 is 0 Å². The number of amides is 1. The molecule has 1 heterocycles. The van der Waals surface area contributed by atoms with E-state index in [1.807, 2.05) is 23.1 Å². The number of hydrogen-bond acceptors (Lipinski definition) is 2. The van der Waals surface area contributed by atoms with Crippen molar-refractivity contribution in [2.24, 2.45) is 0 Å². The number of rotatable bonds is 6. The molecule has 0 spiro atoms. The minimum atomic E-state index is -0.133. The first-order chi connectivity index (χ1) is 10.8. The zero-order valence-corrected chi connectivity index (χ0v) is 13.5. The minimum Gasteiger partial charge on any atom is -0.449 e. The molecule has 120 valence electrons. The molecule has 3 heteroatoms. The van der Waals surface area contributed by atoms with E-state index in [1.54, 1.807) is 0 Å². The molecule has 1 amide bonds. The quantitative estimate of drug-likeness (QED) is 0.701. The lowest BCUT2D eigenvalue weighted by molar-refractivity contribution is 0.0729. The number of carbonyl (C=O) groups excluding carboxylic acids is 1. The summed E-state index contributed by atoms with van der Waals surface area (Å²) in [5.74, 6) is 0. The first kappa shape index (κ1) is 16.6. The monoisotopic (exact) mass is 301 g/mol. The van der Waals surface area contributed by atoms with E-state index in [4.69, 9.17) is 4.74 Å². The number of benzene rings is 1. The van der Waals surface area contributed by atoms with Crippen LogP contribution in [0, 0.1) is 0 Å². The van der Waals surface area contributed by atoms with Crippen molar-refractivity contribution in [2.75, 3.05) is 13.2 Å². The Morgan fingerprint density at radius 2 is 2.14 bits per heavy atom. The standard InChI is InChI=1S/C19H27NO2/c1-2-3-16-22-19(21)20-15-8-7-13-18(20)14-9-12-17-10-5-4-6-11-17/h4-6,9-12,18H,2-3,7-8,13-16H2,1H3/b12-9+. The van der Waals surface area contributed by atoms with Gasteiger partial charge in [0.1, 0.15) is 0 Å². The zero-order valence-electron chi connectivity index (χ0n) is 13.5. The van der Waals surface area contributed by atoms with Gasteiger partial charge in [0.25, 0.3) is 0 Å². The van der Waals surface area contributed by atoms with Gasteiger partial charge in [0.2, 0.25) is 0 Å². The molecule has 1 unspecified atom stereocenters. The van der Waals surface area contributed by atoms with Crippen LogP contribution in [0.25, 0.3) is 6.08 Å². The zero-order chi connectivity index (χ0) is 15.6. The predicted molar refractivity (Wildman–Crippen MR) is 90.7 cm³/mol. The number of ether oxygens (including phenoxy) is 1. The molecule has 1 aliphatic heterocycles. The molecule has 1 aromatic carbocycles. The fourth-order valence-electron chi connectivity index (χ4n) is 2.80. The van der Waals surface area contributed by atoms with Gasteiger partial charge in [0.05, 0.1) is 6.61 Å². The van der Waals surface area contributed by atoms with Crippen LogP contribution < -0.4 is 0 Å². The number of unbranched alkanes of at least 4 members (excludes halogenated alkanes) is 1. The van der Waals surface area contributed by atoms with E-state index in [-0.39, 0.29) is 12.1 Å². The molecule has 22 heavy (non-hydrogen) atoms. The smallest absolute Gasteiger partial charge is 0.410 e. The fourth-order valence-corrected chi connectivity index (χ4v) is 2.80. The van der Waals surface area contributed by atoms with E-state index < -0.39 is 0 Å². The maximum atomic E-state index is 12.2. The van der Waals surface area contributed by atoms with Gasteiger partial charge in [-0.3, -0.25) is 0 Å². The van der Waals surface area contributed by atoms with Gasteiger partial charge < -0.3 is 9.64 Å². The van der Waals surface area contributed by atoms with Crippen LogP contribution in [0.4, 0.5) is 4.79 Å². The van der Waals surface area contributed by atoms with Crippen molar-refractivity contribution in [1.82, 2.24) is 4.90 Å². The van der Waals surface area contributed by atoms with Crippen LogP contribution >= 0.6 is 0 Å². The topological polar surface area (TPSA) is 29.5 Å². The second-order valence-electron chi connectivity index (χ2n) is 5.86. The van der Waals surface area contributed by atoms with Crippen molar-refractivity contribution >= 4 is 12.2 Å². The number of hydrogen-bond donors (Lipinski definition) is 0. The Bertz CT molecular complexity index is 470. The first-order valence-electron chi connectivity index (χ1n) is 8.46. The molecule has 1 aliphatic rings. The Hall–Kier alpha value is -1.77. The maximum Gasteiger partial charge on any atom is 0.410 e. The largest absolute Gasteiger partial charge is 0.449 e. The average Bonchev–Trinajstić information content (AvgIpc) is 2.56. The van der Waals surface area contributed by atoms with Crippen molar-refractivity contribution in [3.8, 4) is 0 Å². The molecule has 0 radical (unpaired) electrons. The van der Waals surface area contributed by atoms with E-state index in [2.05, 4.69) is 31.2 Å². The van der Waals surface area contributed by atoms with Gasteiger partial charge in [-0.25, -0.2) is 4.79 Å². The second kappa shape index (κ2) is 9.29. The normalized spacial score (nSPS) is 18.6. The third kappa shape index (κ3) is 5.21. The number of piperidine rings is 1. The van der Waals surface area contributed by atoms with Crippen LogP contribution in [-0.2, 0) is 4.74 Å². The van der Waals surface area contributed by atoms with Crippen LogP contribution in [0.15, 0.2) is 36.4 Å². The molecule has 1 atom stereocenters. The van der Waals surface area contributed by atoms with E-state index in [0.29, 0.717) is 6.61 Å². The van der Waals surface area contributed by atoms with Crippen molar-refractivity contribution in [2.45, 2.75) is 51.5 Å². The second-order valence-corrected chi connectivity index (χ2v) is 5.86. The number of carbonyl (C=O) groups is 1. The summed E-state index contributed by atoms with van der Waals surface area (Å²) in [4.78, 5) is 14.1. The Morgan fingerprint density at radius 3 is 2.91 bits per heavy atom. The molecule has 1 saturated heterocycles. The third-order valence-corrected chi connectivity index (χ3v) is 4.10. The lowest BCUT2D eigenvalue weighted by atomic mass is 9.99. The lowest BCUT2D eigenvalue weighted by Gasteiger charge is -2.34. The highest BCUT2D eigenvalue weighted by Crippen LogP contribution is 2.21. The van der Waals surface area contributed by atoms with Crippen LogP contribution in [-0.4, -0.2) is 30.2 Å². The summed E-state index contributed by atoms with van der Waals surface area (Å²) in [7, 11) is 0. The van der Waals surface area contributed by atoms with Gasteiger partial charge in [-0.2, -0.15) is 0 Å². The van der Waals surface area contributed by atoms with Gasteiger partial charge in [0.15, 0.2) is 0 Å². The highest BCUT2D eigenvalue weighted by Gasteiger charge is 2.26. The molecular formula is C19H27NO2. The summed E-state index contributed by atoms with van der Waals surface area (Å²) < 4.78 is 5.38. The van der Waals surface area contributed by atoms with Crippen molar-refractivity contribution in [1.29, 1.82) is 0 Å². The fraction of sp³-hybridized carbons (Fsp3) is 0.526. The first-order valence-corrected chi connectivity index (χ1v) is 8.46. The van der Waals surface area contributed by atoms with Gasteiger partial charge >= 0.3 is 6.09 Å². The van der Waals surface area contributed by atoms with E-state index in [0.717, 1.165) is 38.6 Å². The van der Waals surface area contributed by atoms with Gasteiger partial charge in [-0.1, -0.05) is 55.8 Å². The SMILES string of the molecule is CCCCOC(=O)N1CCCCC1C/C=C/c1ccccc1. The maximum absolute atomic E-state index is 12.2. The molecule has 2 rings (SSSR count). The lowest BCUT2D eigenvalue weighted by Crippen LogP contribution is -2.43. The summed E-state index contributed by atoms with van der Waals surface area (Å²) in [6.07, 6.45) is 10.4. The van der Waals surface area contributed by atoms with Crippen LogP contribution in [0.1, 0.15) is 51.0 Å². The summed E-state index contributed by atoms with van der Waals surface area (Å²) in [5, 5.41) is 0. The molecule has 0 N–H and O–H groups in total. The summed E-state index contributed by atoms with van der Waals surface area (Å²) in [5.41, 5.74) is 1.20. The molecule has 0 saturated carbocycles. The van der Waals surface area contributed by atoms with Crippen LogP contribution in [0.2, 0.25) is 0 Å². The van der Waals surface area contributed by atoms with Gasteiger partial charge in [0, 0.05) is 12.6 Å².